The van der Waals surface area contributed by atoms with Crippen LogP contribution in [0.5, 0.6) is 11.6 Å². The van der Waals surface area contributed by atoms with Gasteiger partial charge in [0.2, 0.25) is 11.8 Å². The Morgan fingerprint density at radius 1 is 1.33 bits per heavy atom. The van der Waals surface area contributed by atoms with Gasteiger partial charge in [-0.3, -0.25) is 9.78 Å². The molecule has 0 radical (unpaired) electrons. The van der Waals surface area contributed by atoms with E-state index in [9.17, 15) is 4.79 Å². The van der Waals surface area contributed by atoms with Crippen molar-refractivity contribution in [2.24, 2.45) is 30.5 Å². The highest BCUT2D eigenvalue weighted by Crippen LogP contribution is 2.42. The monoisotopic (exact) mass is 369 g/mol. The highest BCUT2D eigenvalue weighted by Gasteiger charge is 2.40. The summed E-state index contributed by atoms with van der Waals surface area (Å²) in [5.74, 6) is 2.11. The van der Waals surface area contributed by atoms with Crippen LogP contribution in [0.4, 0.5) is 5.69 Å². The van der Waals surface area contributed by atoms with Gasteiger partial charge in [0.1, 0.15) is 11.4 Å². The average molecular weight is 369 g/mol. The first-order valence-corrected chi connectivity index (χ1v) is 9.71. The molecule has 3 N–H and O–H groups in total. The molecule has 7 nitrogen and oxygen atoms in total. The standard InChI is InChI=1S/C20H27N5O2/c1-12-18(20(25(2)24-12)27-16-7-4-8-22-11-16)23-19(26)15-9-13-5-3-6-14(10-15)17(13)21/h4,7-8,11,13-15,17H,3,5-6,9-10,21H2,1-2H3,(H,23,26). The van der Waals surface area contributed by atoms with Gasteiger partial charge in [-0.25, -0.2) is 4.68 Å². The molecule has 27 heavy (non-hydrogen) atoms. The lowest BCUT2D eigenvalue weighted by Gasteiger charge is -2.43. The Bertz CT molecular complexity index is 805. The van der Waals surface area contributed by atoms with Gasteiger partial charge in [-0.15, -0.1) is 0 Å². The third kappa shape index (κ3) is 3.56. The number of aromatic nitrogens is 3. The summed E-state index contributed by atoms with van der Waals surface area (Å²) in [4.78, 5) is 17.1. The van der Waals surface area contributed by atoms with E-state index in [0.717, 1.165) is 31.4 Å². The number of fused-ring (bicyclic) bond motifs is 2. The summed E-state index contributed by atoms with van der Waals surface area (Å²) < 4.78 is 7.59. The summed E-state index contributed by atoms with van der Waals surface area (Å²) in [6.07, 6.45) is 8.60. The molecule has 2 atom stereocenters. The van der Waals surface area contributed by atoms with Crippen LogP contribution in [-0.2, 0) is 11.8 Å². The maximum atomic E-state index is 13.0. The Morgan fingerprint density at radius 3 is 2.74 bits per heavy atom. The van der Waals surface area contributed by atoms with Crippen LogP contribution in [0.25, 0.3) is 0 Å². The Labute approximate surface area is 159 Å². The highest BCUT2D eigenvalue weighted by atomic mass is 16.5. The van der Waals surface area contributed by atoms with Crippen molar-refractivity contribution >= 4 is 11.6 Å². The number of rotatable bonds is 4. The molecule has 4 rings (SSSR count). The van der Waals surface area contributed by atoms with E-state index < -0.39 is 0 Å². The van der Waals surface area contributed by atoms with Crippen molar-refractivity contribution in [2.75, 3.05) is 5.32 Å². The van der Waals surface area contributed by atoms with Gasteiger partial charge in [-0.05, 0) is 56.6 Å². The van der Waals surface area contributed by atoms with E-state index in [1.165, 1.54) is 6.42 Å². The number of pyridine rings is 1. The molecule has 2 aliphatic rings. The zero-order valence-corrected chi connectivity index (χ0v) is 15.9. The van der Waals surface area contributed by atoms with Crippen molar-refractivity contribution in [2.45, 2.75) is 45.1 Å². The first-order chi connectivity index (χ1) is 13.0. The van der Waals surface area contributed by atoms with Gasteiger partial charge >= 0.3 is 0 Å². The number of aryl methyl sites for hydroxylation is 2. The Morgan fingerprint density at radius 2 is 2.07 bits per heavy atom. The molecule has 2 unspecified atom stereocenters. The molecule has 2 fully saturated rings. The summed E-state index contributed by atoms with van der Waals surface area (Å²) in [5.41, 5.74) is 7.73. The van der Waals surface area contributed by atoms with E-state index >= 15 is 0 Å². The van der Waals surface area contributed by atoms with Crippen LogP contribution >= 0.6 is 0 Å². The number of carbonyl (C=O) groups is 1. The molecule has 0 spiro atoms. The fourth-order valence-corrected chi connectivity index (χ4v) is 4.65. The Kier molecular flexibility index (Phi) is 4.86. The number of hydrogen-bond donors (Lipinski definition) is 2. The summed E-state index contributed by atoms with van der Waals surface area (Å²) in [6.45, 7) is 1.87. The van der Waals surface area contributed by atoms with Gasteiger partial charge in [0.25, 0.3) is 0 Å². The molecular formula is C20H27N5O2. The second-order valence-electron chi connectivity index (χ2n) is 7.87. The molecule has 2 aromatic heterocycles. The lowest BCUT2D eigenvalue weighted by molar-refractivity contribution is -0.122. The maximum absolute atomic E-state index is 13.0. The molecule has 2 aromatic rings. The molecule has 2 saturated carbocycles. The van der Waals surface area contributed by atoms with Gasteiger partial charge in [-0.2, -0.15) is 5.10 Å². The largest absolute Gasteiger partial charge is 0.436 e. The zero-order valence-electron chi connectivity index (χ0n) is 15.9. The van der Waals surface area contributed by atoms with Crippen molar-refractivity contribution in [3.05, 3.63) is 30.2 Å². The number of carbonyl (C=O) groups excluding carboxylic acids is 1. The number of amides is 1. The predicted molar refractivity (Wildman–Crippen MR) is 102 cm³/mol. The Hall–Kier alpha value is -2.41. The molecule has 0 aliphatic heterocycles. The Balaban J connectivity index is 1.51. The second-order valence-corrected chi connectivity index (χ2v) is 7.87. The molecule has 0 saturated heterocycles. The minimum Gasteiger partial charge on any atom is -0.436 e. The highest BCUT2D eigenvalue weighted by molar-refractivity contribution is 5.94. The number of anilines is 1. The van der Waals surface area contributed by atoms with Gasteiger partial charge in [-0.1, -0.05) is 6.42 Å². The van der Waals surface area contributed by atoms with Crippen LogP contribution in [0.2, 0.25) is 0 Å². The van der Waals surface area contributed by atoms with Crippen LogP contribution in [-0.4, -0.2) is 26.7 Å². The van der Waals surface area contributed by atoms with E-state index in [1.807, 2.05) is 13.0 Å². The summed E-state index contributed by atoms with van der Waals surface area (Å²) in [7, 11) is 1.80. The fraction of sp³-hybridized carbons (Fsp3) is 0.550. The lowest BCUT2D eigenvalue weighted by Crippen LogP contribution is -2.48. The van der Waals surface area contributed by atoms with E-state index in [-0.39, 0.29) is 17.9 Å². The quantitative estimate of drug-likeness (QED) is 0.864. The average Bonchev–Trinajstić information content (AvgIpc) is 2.89. The number of nitrogens with one attached hydrogen (secondary N) is 1. The normalized spacial score (nSPS) is 27.2. The number of nitrogens with zero attached hydrogens (tertiary/aromatic N) is 3. The van der Waals surface area contributed by atoms with Crippen molar-refractivity contribution in [1.82, 2.24) is 14.8 Å². The van der Waals surface area contributed by atoms with Crippen LogP contribution in [0, 0.1) is 24.7 Å². The molecule has 144 valence electrons. The summed E-state index contributed by atoms with van der Waals surface area (Å²) in [5, 5.41) is 7.50. The lowest BCUT2D eigenvalue weighted by atomic mass is 9.65. The van der Waals surface area contributed by atoms with E-state index in [1.54, 1.807) is 30.2 Å². The van der Waals surface area contributed by atoms with Crippen molar-refractivity contribution in [1.29, 1.82) is 0 Å². The van der Waals surface area contributed by atoms with Gasteiger partial charge in [0.05, 0.1) is 11.9 Å². The fourth-order valence-electron chi connectivity index (χ4n) is 4.65. The molecular weight excluding hydrogens is 342 g/mol. The molecule has 7 heteroatoms. The molecule has 2 bridgehead atoms. The molecule has 0 aromatic carbocycles. The summed E-state index contributed by atoms with van der Waals surface area (Å²) >= 11 is 0. The molecule has 2 heterocycles. The van der Waals surface area contributed by atoms with E-state index in [2.05, 4.69) is 15.4 Å². The van der Waals surface area contributed by atoms with Crippen molar-refractivity contribution in [3.63, 3.8) is 0 Å². The third-order valence-electron chi connectivity index (χ3n) is 6.05. The predicted octanol–water partition coefficient (Wildman–Crippen LogP) is 3.01. The van der Waals surface area contributed by atoms with Gasteiger partial charge in [0.15, 0.2) is 0 Å². The van der Waals surface area contributed by atoms with Gasteiger partial charge < -0.3 is 15.8 Å². The first kappa shape index (κ1) is 18.0. The number of ether oxygens (including phenoxy) is 1. The van der Waals surface area contributed by atoms with E-state index in [4.69, 9.17) is 10.5 Å². The minimum absolute atomic E-state index is 0.00551. The third-order valence-corrected chi connectivity index (χ3v) is 6.05. The van der Waals surface area contributed by atoms with Crippen LogP contribution in [0.15, 0.2) is 24.5 Å². The van der Waals surface area contributed by atoms with Crippen LogP contribution in [0.3, 0.4) is 0 Å². The van der Waals surface area contributed by atoms with E-state index in [0.29, 0.717) is 29.2 Å². The van der Waals surface area contributed by atoms with Crippen LogP contribution in [0.1, 0.15) is 37.8 Å². The smallest absolute Gasteiger partial charge is 0.241 e. The topological polar surface area (TPSA) is 95.1 Å². The second kappa shape index (κ2) is 7.31. The van der Waals surface area contributed by atoms with Crippen molar-refractivity contribution in [3.8, 4) is 11.6 Å². The van der Waals surface area contributed by atoms with Crippen LogP contribution < -0.4 is 15.8 Å². The van der Waals surface area contributed by atoms with Crippen molar-refractivity contribution < 1.29 is 9.53 Å². The SMILES string of the molecule is Cc1nn(C)c(Oc2cccnc2)c1NC(=O)C1CC2CCCC(C1)C2N. The number of nitrogens with two attached hydrogens (primary N) is 1. The first-order valence-electron chi connectivity index (χ1n) is 9.71. The summed E-state index contributed by atoms with van der Waals surface area (Å²) in [6, 6.07) is 3.89. The minimum atomic E-state index is 0.00551. The number of hydrogen-bond acceptors (Lipinski definition) is 5. The molecule has 1 amide bonds. The maximum Gasteiger partial charge on any atom is 0.241 e. The zero-order chi connectivity index (χ0) is 19.0. The molecule has 2 aliphatic carbocycles. The van der Waals surface area contributed by atoms with Gasteiger partial charge in [0, 0.05) is 25.2 Å².